The quantitative estimate of drug-likeness (QED) is 0.574. The van der Waals surface area contributed by atoms with Crippen LogP contribution in [0, 0.1) is 6.92 Å². The maximum absolute atomic E-state index is 12.5. The molecule has 27 heavy (non-hydrogen) atoms. The first-order valence-electron chi connectivity index (χ1n) is 8.51. The lowest BCUT2D eigenvalue weighted by molar-refractivity contribution is -0.113. The first-order valence-corrected chi connectivity index (χ1v) is 10.3. The van der Waals surface area contributed by atoms with Crippen molar-refractivity contribution in [3.8, 4) is 11.4 Å². The normalized spacial score (nSPS) is 10.8. The highest BCUT2D eigenvalue weighted by Gasteiger charge is 2.14. The van der Waals surface area contributed by atoms with Crippen molar-refractivity contribution >= 4 is 39.3 Å². The van der Waals surface area contributed by atoms with Crippen LogP contribution in [-0.4, -0.2) is 31.4 Å². The summed E-state index contributed by atoms with van der Waals surface area (Å²) in [6.07, 6.45) is 4.29. The Morgan fingerprint density at radius 2 is 2.00 bits per heavy atom. The summed E-state index contributed by atoms with van der Waals surface area (Å²) in [6, 6.07) is 7.81. The lowest BCUT2D eigenvalue weighted by atomic mass is 10.1. The van der Waals surface area contributed by atoms with E-state index < -0.39 is 0 Å². The smallest absolute Gasteiger partial charge is 0.234 e. The molecule has 140 valence electrons. The molecule has 2 aromatic heterocycles. The summed E-state index contributed by atoms with van der Waals surface area (Å²) in [7, 11) is 1.89. The molecule has 0 aliphatic carbocycles. The molecule has 0 aliphatic heterocycles. The molecule has 2 heterocycles. The number of thioether (sulfide) groups is 1. The zero-order chi connectivity index (χ0) is 19.4. The zero-order valence-corrected chi connectivity index (χ0v) is 17.8. The third kappa shape index (κ3) is 4.56. The summed E-state index contributed by atoms with van der Waals surface area (Å²) in [4.78, 5) is 16.5. The van der Waals surface area contributed by atoms with Gasteiger partial charge in [0.05, 0.1) is 5.75 Å². The summed E-state index contributed by atoms with van der Waals surface area (Å²) in [6.45, 7) is 4.07. The number of carbonyl (C=O) groups is 1. The highest BCUT2D eigenvalue weighted by atomic mass is 79.9. The number of nitrogens with one attached hydrogen (secondary N) is 1. The molecule has 0 fully saturated rings. The van der Waals surface area contributed by atoms with Gasteiger partial charge in [0.1, 0.15) is 0 Å². The van der Waals surface area contributed by atoms with Crippen LogP contribution in [0.5, 0.6) is 0 Å². The Morgan fingerprint density at radius 3 is 2.70 bits per heavy atom. The summed E-state index contributed by atoms with van der Waals surface area (Å²) in [5, 5.41) is 12.2. The van der Waals surface area contributed by atoms with Crippen LogP contribution in [-0.2, 0) is 18.3 Å². The van der Waals surface area contributed by atoms with Gasteiger partial charge in [-0.05, 0) is 48.7 Å². The SMILES string of the molecule is CCc1cc(Br)cc(C)c1NC(=O)CSc1nnc(-c2ccncc2)n1C. The van der Waals surface area contributed by atoms with Crippen LogP contribution in [0.4, 0.5) is 5.69 Å². The van der Waals surface area contributed by atoms with Gasteiger partial charge >= 0.3 is 0 Å². The van der Waals surface area contributed by atoms with Gasteiger partial charge in [0.15, 0.2) is 11.0 Å². The molecule has 0 spiro atoms. The van der Waals surface area contributed by atoms with E-state index in [0.29, 0.717) is 5.16 Å². The van der Waals surface area contributed by atoms with Crippen molar-refractivity contribution in [2.24, 2.45) is 7.05 Å². The molecule has 8 heteroatoms. The van der Waals surface area contributed by atoms with E-state index in [1.165, 1.54) is 11.8 Å². The number of pyridine rings is 1. The van der Waals surface area contributed by atoms with Crippen LogP contribution >= 0.6 is 27.7 Å². The Hall–Kier alpha value is -2.19. The van der Waals surface area contributed by atoms with E-state index >= 15 is 0 Å². The molecular formula is C19H20BrN5OS. The molecule has 0 aliphatic rings. The van der Waals surface area contributed by atoms with Gasteiger partial charge in [-0.15, -0.1) is 10.2 Å². The fourth-order valence-corrected chi connectivity index (χ4v) is 4.10. The molecule has 0 unspecified atom stereocenters. The minimum Gasteiger partial charge on any atom is -0.325 e. The second-order valence-electron chi connectivity index (χ2n) is 6.05. The highest BCUT2D eigenvalue weighted by molar-refractivity contribution is 9.10. The van der Waals surface area contributed by atoms with Gasteiger partial charge in [0.2, 0.25) is 5.91 Å². The maximum atomic E-state index is 12.5. The summed E-state index contributed by atoms with van der Waals surface area (Å²) in [5.41, 5.74) is 3.98. The van der Waals surface area contributed by atoms with E-state index in [9.17, 15) is 4.79 Å². The fourth-order valence-electron chi connectivity index (χ4n) is 2.77. The number of hydrogen-bond donors (Lipinski definition) is 1. The van der Waals surface area contributed by atoms with Crippen LogP contribution in [0.2, 0.25) is 0 Å². The molecular weight excluding hydrogens is 426 g/mol. The van der Waals surface area contributed by atoms with Crippen LogP contribution in [0.3, 0.4) is 0 Å². The monoisotopic (exact) mass is 445 g/mol. The Balaban J connectivity index is 1.68. The summed E-state index contributed by atoms with van der Waals surface area (Å²) in [5.74, 6) is 0.951. The Kier molecular flexibility index (Phi) is 6.28. The summed E-state index contributed by atoms with van der Waals surface area (Å²) >= 11 is 4.87. The molecule has 1 amide bonds. The second kappa shape index (κ2) is 8.67. The zero-order valence-electron chi connectivity index (χ0n) is 15.4. The van der Waals surface area contributed by atoms with E-state index in [2.05, 4.69) is 43.4 Å². The molecule has 3 aromatic rings. The van der Waals surface area contributed by atoms with Crippen molar-refractivity contribution < 1.29 is 4.79 Å². The lowest BCUT2D eigenvalue weighted by Gasteiger charge is -2.13. The van der Waals surface area contributed by atoms with E-state index in [0.717, 1.165) is 39.1 Å². The number of carbonyl (C=O) groups excluding carboxylic acids is 1. The van der Waals surface area contributed by atoms with Crippen LogP contribution < -0.4 is 5.32 Å². The van der Waals surface area contributed by atoms with Crippen molar-refractivity contribution in [3.05, 3.63) is 52.3 Å². The van der Waals surface area contributed by atoms with Crippen molar-refractivity contribution in [1.29, 1.82) is 0 Å². The van der Waals surface area contributed by atoms with Crippen molar-refractivity contribution in [2.75, 3.05) is 11.1 Å². The first-order chi connectivity index (χ1) is 13.0. The number of aryl methyl sites for hydroxylation is 2. The van der Waals surface area contributed by atoms with Crippen molar-refractivity contribution in [3.63, 3.8) is 0 Å². The molecule has 0 saturated heterocycles. The number of halogens is 1. The number of aromatic nitrogens is 4. The van der Waals surface area contributed by atoms with Crippen molar-refractivity contribution in [2.45, 2.75) is 25.4 Å². The largest absolute Gasteiger partial charge is 0.325 e. The molecule has 0 saturated carbocycles. The predicted molar refractivity (Wildman–Crippen MR) is 112 cm³/mol. The number of benzene rings is 1. The average molecular weight is 446 g/mol. The number of anilines is 1. The third-order valence-corrected chi connectivity index (χ3v) is 5.61. The number of nitrogens with zero attached hydrogens (tertiary/aromatic N) is 4. The average Bonchev–Trinajstić information content (AvgIpc) is 3.03. The molecule has 1 aromatic carbocycles. The first kappa shape index (κ1) is 19.6. The third-order valence-electron chi connectivity index (χ3n) is 4.13. The van der Waals surface area contributed by atoms with Gasteiger partial charge in [-0.3, -0.25) is 9.78 Å². The highest BCUT2D eigenvalue weighted by Crippen LogP contribution is 2.27. The maximum Gasteiger partial charge on any atom is 0.234 e. The van der Waals surface area contributed by atoms with Gasteiger partial charge in [-0.25, -0.2) is 0 Å². The van der Waals surface area contributed by atoms with Crippen LogP contribution in [0.15, 0.2) is 46.3 Å². The Morgan fingerprint density at radius 1 is 1.26 bits per heavy atom. The lowest BCUT2D eigenvalue weighted by Crippen LogP contribution is -2.16. The molecule has 3 rings (SSSR count). The van der Waals surface area contributed by atoms with E-state index in [-0.39, 0.29) is 11.7 Å². The Bertz CT molecular complexity index is 958. The topological polar surface area (TPSA) is 72.7 Å². The van der Waals surface area contributed by atoms with Gasteiger partial charge in [-0.2, -0.15) is 0 Å². The second-order valence-corrected chi connectivity index (χ2v) is 7.91. The molecule has 0 bridgehead atoms. The van der Waals surface area contributed by atoms with Gasteiger partial charge in [0.25, 0.3) is 0 Å². The standard InChI is InChI=1S/C19H20BrN5OS/c1-4-13-10-15(20)9-12(2)17(13)22-16(26)11-27-19-24-23-18(25(19)3)14-5-7-21-8-6-14/h5-10H,4,11H2,1-3H3,(H,22,26). The van der Waals surface area contributed by atoms with Gasteiger partial charge in [0, 0.05) is 35.2 Å². The van der Waals surface area contributed by atoms with Gasteiger partial charge in [-0.1, -0.05) is 34.6 Å². The Labute approximate surface area is 170 Å². The fraction of sp³-hybridized carbons (Fsp3) is 0.263. The molecule has 0 radical (unpaired) electrons. The molecule has 0 atom stereocenters. The van der Waals surface area contributed by atoms with E-state index in [1.54, 1.807) is 12.4 Å². The molecule has 6 nitrogen and oxygen atoms in total. The van der Waals surface area contributed by atoms with Crippen LogP contribution in [0.25, 0.3) is 11.4 Å². The minimum atomic E-state index is -0.0615. The molecule has 1 N–H and O–H groups in total. The van der Waals surface area contributed by atoms with Crippen molar-refractivity contribution in [1.82, 2.24) is 19.7 Å². The minimum absolute atomic E-state index is 0.0615. The number of amides is 1. The number of hydrogen-bond acceptors (Lipinski definition) is 5. The number of rotatable bonds is 6. The van der Waals surface area contributed by atoms with Crippen LogP contribution in [0.1, 0.15) is 18.1 Å². The predicted octanol–water partition coefficient (Wildman–Crippen LogP) is 4.24. The van der Waals surface area contributed by atoms with Gasteiger partial charge < -0.3 is 9.88 Å². The van der Waals surface area contributed by atoms with E-state index in [4.69, 9.17) is 0 Å². The summed E-state index contributed by atoms with van der Waals surface area (Å²) < 4.78 is 2.90. The van der Waals surface area contributed by atoms with E-state index in [1.807, 2.05) is 42.8 Å².